The predicted molar refractivity (Wildman–Crippen MR) is 137 cm³/mol. The largest absolute Gasteiger partial charge is 0.372 e. The molecule has 0 aliphatic heterocycles. The molecule has 0 amide bonds. The number of benzene rings is 2. The van der Waals surface area contributed by atoms with Gasteiger partial charge < -0.3 is 9.47 Å². The fraction of sp³-hybridized carbons (Fsp3) is 0.280. The highest BCUT2D eigenvalue weighted by Crippen LogP contribution is 2.15. The summed E-state index contributed by atoms with van der Waals surface area (Å²) >= 11 is 0. The summed E-state index contributed by atoms with van der Waals surface area (Å²) in [7, 11) is 3.34. The number of hydrogen-bond donors (Lipinski definition) is 1. The van der Waals surface area contributed by atoms with Gasteiger partial charge in [0.05, 0.1) is 12.8 Å². The lowest BCUT2D eigenvalue weighted by Crippen LogP contribution is -2.39. The number of hydrazone groups is 1. The van der Waals surface area contributed by atoms with Gasteiger partial charge in [-0.2, -0.15) is 10.1 Å². The molecule has 0 spiro atoms. The summed E-state index contributed by atoms with van der Waals surface area (Å²) in [6, 6.07) is 17.6. The summed E-state index contributed by atoms with van der Waals surface area (Å²) in [4.78, 5) is 32.8. The number of imidazole rings is 1. The van der Waals surface area contributed by atoms with Gasteiger partial charge in [-0.05, 0) is 37.1 Å². The van der Waals surface area contributed by atoms with Gasteiger partial charge >= 0.3 is 5.69 Å². The van der Waals surface area contributed by atoms with E-state index in [1.54, 1.807) is 24.9 Å². The van der Waals surface area contributed by atoms with Crippen molar-refractivity contribution in [2.75, 3.05) is 23.4 Å². The van der Waals surface area contributed by atoms with Gasteiger partial charge in [0.15, 0.2) is 11.2 Å². The van der Waals surface area contributed by atoms with Crippen LogP contribution in [0.5, 0.6) is 0 Å². The summed E-state index contributed by atoms with van der Waals surface area (Å²) in [5.74, 6) is 0.371. The van der Waals surface area contributed by atoms with Crippen LogP contribution in [-0.4, -0.2) is 38.0 Å². The highest BCUT2D eigenvalue weighted by Gasteiger charge is 2.18. The first-order valence-corrected chi connectivity index (χ1v) is 11.3. The van der Waals surface area contributed by atoms with Gasteiger partial charge in [0.1, 0.15) is 0 Å². The fourth-order valence-corrected chi connectivity index (χ4v) is 3.97. The third kappa shape index (κ3) is 4.36. The van der Waals surface area contributed by atoms with Crippen molar-refractivity contribution >= 4 is 29.0 Å². The summed E-state index contributed by atoms with van der Waals surface area (Å²) < 4.78 is 4.24. The van der Waals surface area contributed by atoms with Crippen LogP contribution in [0, 0.1) is 0 Å². The second kappa shape index (κ2) is 9.78. The van der Waals surface area contributed by atoms with Crippen molar-refractivity contribution in [3.8, 4) is 0 Å². The Morgan fingerprint density at radius 1 is 0.971 bits per heavy atom. The van der Waals surface area contributed by atoms with Crippen molar-refractivity contribution in [1.29, 1.82) is 0 Å². The quantitative estimate of drug-likeness (QED) is 0.323. The first-order valence-electron chi connectivity index (χ1n) is 11.3. The standard InChI is InChI=1S/C25H29N7O2/c1-5-31(6-2)20-14-12-18(13-15-20)16-26-28-24-27-22-21(29(24)3)23(33)32(25(34)30(22)4)17-19-10-8-7-9-11-19/h7-16H,5-6,17H2,1-4H3,(H,27,28)/b26-16-. The molecule has 1 N–H and O–H groups in total. The normalized spacial score (nSPS) is 11.4. The van der Waals surface area contributed by atoms with E-state index in [0.717, 1.165) is 29.9 Å². The number of aryl methyl sites for hydroxylation is 2. The minimum Gasteiger partial charge on any atom is -0.372 e. The van der Waals surface area contributed by atoms with Crippen molar-refractivity contribution in [3.63, 3.8) is 0 Å². The van der Waals surface area contributed by atoms with Gasteiger partial charge in [0, 0.05) is 32.9 Å². The molecule has 4 rings (SSSR count). The molecule has 34 heavy (non-hydrogen) atoms. The number of nitrogens with one attached hydrogen (secondary N) is 1. The number of rotatable bonds is 8. The Balaban J connectivity index is 1.61. The lowest BCUT2D eigenvalue weighted by atomic mass is 10.2. The number of fused-ring (bicyclic) bond motifs is 1. The van der Waals surface area contributed by atoms with Crippen LogP contribution in [-0.2, 0) is 20.6 Å². The minimum atomic E-state index is -0.414. The summed E-state index contributed by atoms with van der Waals surface area (Å²) in [5.41, 5.74) is 5.71. The molecule has 0 aliphatic carbocycles. The van der Waals surface area contributed by atoms with E-state index in [0.29, 0.717) is 17.1 Å². The van der Waals surface area contributed by atoms with Crippen molar-refractivity contribution in [2.45, 2.75) is 20.4 Å². The molecule has 2 aromatic carbocycles. The van der Waals surface area contributed by atoms with E-state index >= 15 is 0 Å². The third-order valence-corrected chi connectivity index (χ3v) is 5.94. The second-order valence-electron chi connectivity index (χ2n) is 8.02. The smallest absolute Gasteiger partial charge is 0.332 e. The molecule has 0 radical (unpaired) electrons. The molecule has 0 unspecified atom stereocenters. The average molecular weight is 460 g/mol. The van der Waals surface area contributed by atoms with Crippen molar-refractivity contribution in [2.24, 2.45) is 19.2 Å². The Morgan fingerprint density at radius 2 is 1.65 bits per heavy atom. The van der Waals surface area contributed by atoms with E-state index in [2.05, 4.69) is 46.4 Å². The van der Waals surface area contributed by atoms with E-state index in [1.807, 2.05) is 42.5 Å². The Labute approximate surface area is 197 Å². The molecule has 176 valence electrons. The topological polar surface area (TPSA) is 89.5 Å². The number of aromatic nitrogens is 4. The number of nitrogens with zero attached hydrogens (tertiary/aromatic N) is 6. The Bertz CT molecular complexity index is 1430. The lowest BCUT2D eigenvalue weighted by molar-refractivity contribution is 0.655. The molecule has 9 heteroatoms. The third-order valence-electron chi connectivity index (χ3n) is 5.94. The van der Waals surface area contributed by atoms with Crippen LogP contribution in [0.25, 0.3) is 11.2 Å². The first-order chi connectivity index (χ1) is 16.4. The minimum absolute atomic E-state index is 0.192. The monoisotopic (exact) mass is 459 g/mol. The molecule has 2 heterocycles. The van der Waals surface area contributed by atoms with E-state index < -0.39 is 5.69 Å². The predicted octanol–water partition coefficient (Wildman–Crippen LogP) is 2.77. The Morgan fingerprint density at radius 3 is 2.29 bits per heavy atom. The summed E-state index contributed by atoms with van der Waals surface area (Å²) in [6.45, 7) is 6.36. The first kappa shape index (κ1) is 23.0. The Kier molecular flexibility index (Phi) is 6.62. The lowest BCUT2D eigenvalue weighted by Gasteiger charge is -2.20. The van der Waals surface area contributed by atoms with E-state index in [4.69, 9.17) is 0 Å². The van der Waals surface area contributed by atoms with E-state index in [1.165, 1.54) is 9.13 Å². The van der Waals surface area contributed by atoms with Gasteiger partial charge in [0.25, 0.3) is 5.56 Å². The maximum Gasteiger partial charge on any atom is 0.332 e. The van der Waals surface area contributed by atoms with Crippen molar-refractivity contribution in [3.05, 3.63) is 86.6 Å². The molecule has 4 aromatic rings. The van der Waals surface area contributed by atoms with E-state index in [9.17, 15) is 9.59 Å². The second-order valence-corrected chi connectivity index (χ2v) is 8.02. The van der Waals surface area contributed by atoms with Crippen LogP contribution < -0.4 is 21.6 Å². The summed E-state index contributed by atoms with van der Waals surface area (Å²) in [6.07, 6.45) is 1.69. The van der Waals surface area contributed by atoms with E-state index in [-0.39, 0.29) is 12.1 Å². The van der Waals surface area contributed by atoms with Crippen LogP contribution in [0.3, 0.4) is 0 Å². The highest BCUT2D eigenvalue weighted by molar-refractivity contribution is 5.81. The maximum absolute atomic E-state index is 13.2. The molecule has 2 aromatic heterocycles. The zero-order valence-corrected chi connectivity index (χ0v) is 19.9. The molecule has 0 atom stereocenters. The molecule has 0 saturated carbocycles. The SMILES string of the molecule is CCN(CC)c1ccc(/C=N\Nc2nc3c(c(=O)n(Cc4ccccc4)c(=O)n3C)n2C)cc1. The molecular weight excluding hydrogens is 430 g/mol. The maximum atomic E-state index is 13.2. The van der Waals surface area contributed by atoms with Gasteiger partial charge in [0.2, 0.25) is 5.95 Å². The average Bonchev–Trinajstić information content (AvgIpc) is 3.19. The molecule has 0 aliphatic rings. The summed E-state index contributed by atoms with van der Waals surface area (Å²) in [5, 5.41) is 4.29. The number of hydrogen-bond acceptors (Lipinski definition) is 6. The van der Waals surface area contributed by atoms with Crippen LogP contribution in [0.2, 0.25) is 0 Å². The van der Waals surface area contributed by atoms with Gasteiger partial charge in [-0.25, -0.2) is 10.2 Å². The zero-order chi connectivity index (χ0) is 24.2. The Hall–Kier alpha value is -4.14. The van der Waals surface area contributed by atoms with Gasteiger partial charge in [-0.3, -0.25) is 13.9 Å². The van der Waals surface area contributed by atoms with Gasteiger partial charge in [-0.1, -0.05) is 42.5 Å². The molecule has 0 saturated heterocycles. The van der Waals surface area contributed by atoms with Crippen molar-refractivity contribution < 1.29 is 0 Å². The van der Waals surface area contributed by atoms with Crippen molar-refractivity contribution in [1.82, 2.24) is 18.7 Å². The highest BCUT2D eigenvalue weighted by atomic mass is 16.2. The molecular formula is C25H29N7O2. The molecule has 9 nitrogen and oxygen atoms in total. The van der Waals surface area contributed by atoms with Crippen LogP contribution >= 0.6 is 0 Å². The van der Waals surface area contributed by atoms with Crippen LogP contribution in [0.15, 0.2) is 69.3 Å². The molecule has 0 bridgehead atoms. The van der Waals surface area contributed by atoms with Crippen LogP contribution in [0.1, 0.15) is 25.0 Å². The van der Waals surface area contributed by atoms with Gasteiger partial charge in [-0.15, -0.1) is 0 Å². The zero-order valence-electron chi connectivity index (χ0n) is 19.9. The van der Waals surface area contributed by atoms with Crippen LogP contribution in [0.4, 0.5) is 11.6 Å². The number of anilines is 2. The fourth-order valence-electron chi connectivity index (χ4n) is 3.97. The molecule has 0 fully saturated rings.